The maximum Gasteiger partial charge on any atom is 0.128 e. The number of nitrogens with zero attached hydrogens (tertiary/aromatic N) is 2. The smallest absolute Gasteiger partial charge is 0.128 e. The lowest BCUT2D eigenvalue weighted by Crippen LogP contribution is -2.14. The zero-order valence-corrected chi connectivity index (χ0v) is 13.9. The topological polar surface area (TPSA) is 71.3 Å². The highest BCUT2D eigenvalue weighted by molar-refractivity contribution is 5.73. The summed E-state index contributed by atoms with van der Waals surface area (Å²) in [5, 5.41) is 20.4. The molecule has 23 heavy (non-hydrogen) atoms. The summed E-state index contributed by atoms with van der Waals surface area (Å²) < 4.78 is 7.64. The van der Waals surface area contributed by atoms with Crippen LogP contribution >= 0.6 is 0 Å². The van der Waals surface area contributed by atoms with Crippen LogP contribution in [0.25, 0.3) is 11.1 Å². The number of rotatable bonds is 6. The van der Waals surface area contributed by atoms with Crippen LogP contribution in [0.1, 0.15) is 17.0 Å². The quantitative estimate of drug-likeness (QED) is 0.703. The fraction of sp³-hybridized carbons (Fsp3) is 0.471. The predicted octanol–water partition coefficient (Wildman–Crippen LogP) is 1.42. The molecule has 1 aromatic heterocycles. The van der Waals surface area contributed by atoms with E-state index >= 15 is 0 Å². The Morgan fingerprint density at radius 3 is 3.09 bits per heavy atom. The lowest BCUT2D eigenvalue weighted by Gasteiger charge is -2.09. The fourth-order valence-corrected chi connectivity index (χ4v) is 3.09. The van der Waals surface area contributed by atoms with Gasteiger partial charge >= 0.3 is 0 Å². The number of aliphatic hydroxyl groups is 1. The van der Waals surface area contributed by atoms with Gasteiger partial charge in [-0.05, 0) is 37.2 Å². The summed E-state index contributed by atoms with van der Waals surface area (Å²) in [5.41, 5.74) is 6.46. The number of aromatic nitrogens is 2. The van der Waals surface area contributed by atoms with E-state index in [0.29, 0.717) is 19.6 Å². The molecule has 6 nitrogen and oxygen atoms in total. The number of hydrogen-bond donors (Lipinski definition) is 3. The molecule has 0 saturated heterocycles. The van der Waals surface area contributed by atoms with E-state index in [4.69, 9.17) is 4.74 Å². The largest absolute Gasteiger partial charge is 0.374 e. The zero-order valence-electron chi connectivity index (χ0n) is 13.9. The van der Waals surface area contributed by atoms with Gasteiger partial charge in [0.1, 0.15) is 6.23 Å². The molecule has 3 N–H and O–H groups in total. The van der Waals surface area contributed by atoms with Gasteiger partial charge in [0.2, 0.25) is 0 Å². The lowest BCUT2D eigenvalue weighted by atomic mass is 10.00. The van der Waals surface area contributed by atoms with Crippen LogP contribution in [-0.2, 0) is 24.8 Å². The molecule has 2 heterocycles. The molecule has 6 heteroatoms. The summed E-state index contributed by atoms with van der Waals surface area (Å²) in [7, 11) is 3.86. The van der Waals surface area contributed by atoms with Crippen LogP contribution in [0.15, 0.2) is 18.2 Å². The molecule has 1 aliphatic heterocycles. The van der Waals surface area contributed by atoms with E-state index in [1.165, 1.54) is 0 Å². The second-order valence-corrected chi connectivity index (χ2v) is 5.92. The molecule has 0 fully saturated rings. The van der Waals surface area contributed by atoms with E-state index in [-0.39, 0.29) is 0 Å². The van der Waals surface area contributed by atoms with Crippen molar-refractivity contribution in [2.75, 3.05) is 25.5 Å². The van der Waals surface area contributed by atoms with Gasteiger partial charge in [-0.25, -0.2) is 0 Å². The number of benzene rings is 1. The summed E-state index contributed by atoms with van der Waals surface area (Å²) in [6.07, 6.45) is 0.149. The Labute approximate surface area is 136 Å². The van der Waals surface area contributed by atoms with E-state index in [1.54, 1.807) is 0 Å². The minimum absolute atomic E-state index is 0.486. The Hall–Kier alpha value is -1.89. The molecule has 1 unspecified atom stereocenters. The minimum atomic E-state index is -0.486. The van der Waals surface area contributed by atoms with Crippen molar-refractivity contribution in [1.29, 1.82) is 0 Å². The average molecular weight is 316 g/mol. The number of fused-ring (bicyclic) bond motifs is 1. The third-order valence-corrected chi connectivity index (χ3v) is 4.21. The number of nitrogens with one attached hydrogen (secondary N) is 2. The van der Waals surface area contributed by atoms with Crippen molar-refractivity contribution in [3.05, 3.63) is 35.2 Å². The Bertz CT molecular complexity index is 696. The van der Waals surface area contributed by atoms with E-state index < -0.39 is 6.23 Å². The zero-order chi connectivity index (χ0) is 16.4. The Morgan fingerprint density at radius 2 is 2.30 bits per heavy atom. The number of anilines is 1. The maximum atomic E-state index is 9.74. The number of hydrogen-bond acceptors (Lipinski definition) is 5. The van der Waals surface area contributed by atoms with Crippen molar-refractivity contribution < 1.29 is 9.84 Å². The molecular formula is C17H24N4O2. The van der Waals surface area contributed by atoms with E-state index in [9.17, 15) is 5.11 Å². The molecule has 0 radical (unpaired) electrons. The summed E-state index contributed by atoms with van der Waals surface area (Å²) in [4.78, 5) is 0. The molecule has 124 valence electrons. The van der Waals surface area contributed by atoms with Crippen LogP contribution in [0.2, 0.25) is 0 Å². The Kier molecular flexibility index (Phi) is 4.66. The molecule has 2 aromatic rings. The van der Waals surface area contributed by atoms with Crippen LogP contribution in [0.5, 0.6) is 0 Å². The molecule has 1 aromatic carbocycles. The third-order valence-electron chi connectivity index (χ3n) is 4.21. The van der Waals surface area contributed by atoms with Gasteiger partial charge in [0, 0.05) is 31.3 Å². The normalized spacial score (nSPS) is 16.4. The Balaban J connectivity index is 1.89. The van der Waals surface area contributed by atoms with Crippen molar-refractivity contribution in [3.8, 4) is 11.1 Å². The van der Waals surface area contributed by atoms with Gasteiger partial charge in [-0.1, -0.05) is 6.07 Å². The Morgan fingerprint density at radius 1 is 1.48 bits per heavy atom. The van der Waals surface area contributed by atoms with Gasteiger partial charge in [0.05, 0.1) is 24.6 Å². The number of likely N-dealkylation sites (N-methyl/N-ethyl adjacent to an activating group) is 1. The first-order valence-corrected chi connectivity index (χ1v) is 7.93. The van der Waals surface area contributed by atoms with Crippen molar-refractivity contribution in [2.24, 2.45) is 7.05 Å². The van der Waals surface area contributed by atoms with Gasteiger partial charge in [0.25, 0.3) is 0 Å². The minimum Gasteiger partial charge on any atom is -0.374 e. The monoisotopic (exact) mass is 316 g/mol. The summed E-state index contributed by atoms with van der Waals surface area (Å²) in [5.74, 6) is 0. The molecule has 0 amide bonds. The second kappa shape index (κ2) is 6.70. The molecule has 0 spiro atoms. The third kappa shape index (κ3) is 3.24. The standard InChI is InChI=1S/C17H24N4O2/c1-11-17(15(21(3)20-11)10-23-7-6-18-2)12-4-5-14-13(8-12)9-16(22)19-14/h4-5,8,16,18-19,22H,6-7,9-10H2,1-3H3. The summed E-state index contributed by atoms with van der Waals surface area (Å²) >= 11 is 0. The predicted molar refractivity (Wildman–Crippen MR) is 90.3 cm³/mol. The van der Waals surface area contributed by atoms with Crippen molar-refractivity contribution in [3.63, 3.8) is 0 Å². The highest BCUT2D eigenvalue weighted by atomic mass is 16.5. The van der Waals surface area contributed by atoms with Gasteiger partial charge in [-0.2, -0.15) is 5.10 Å². The highest BCUT2D eigenvalue weighted by Crippen LogP contribution is 2.33. The summed E-state index contributed by atoms with van der Waals surface area (Å²) in [6.45, 7) is 4.05. The number of ether oxygens (including phenoxy) is 1. The van der Waals surface area contributed by atoms with E-state index in [1.807, 2.05) is 31.8 Å². The summed E-state index contributed by atoms with van der Waals surface area (Å²) in [6, 6.07) is 6.24. The molecule has 0 bridgehead atoms. The molecule has 1 atom stereocenters. The van der Waals surface area contributed by atoms with Crippen LogP contribution < -0.4 is 10.6 Å². The van der Waals surface area contributed by atoms with Crippen molar-refractivity contribution >= 4 is 5.69 Å². The van der Waals surface area contributed by atoms with Crippen LogP contribution in [-0.4, -0.2) is 41.3 Å². The SMILES string of the molecule is CNCCOCc1c(-c2ccc3c(c2)CC(O)N3)c(C)nn1C. The maximum absolute atomic E-state index is 9.74. The molecule has 0 aliphatic carbocycles. The lowest BCUT2D eigenvalue weighted by molar-refractivity contribution is 0.119. The van der Waals surface area contributed by atoms with Gasteiger partial charge in [0.15, 0.2) is 0 Å². The second-order valence-electron chi connectivity index (χ2n) is 5.92. The molecule has 0 saturated carbocycles. The van der Waals surface area contributed by atoms with E-state index in [0.717, 1.165) is 40.3 Å². The highest BCUT2D eigenvalue weighted by Gasteiger charge is 2.21. The van der Waals surface area contributed by atoms with Crippen LogP contribution in [0, 0.1) is 6.92 Å². The van der Waals surface area contributed by atoms with Gasteiger partial charge in [-0.3, -0.25) is 4.68 Å². The first-order valence-electron chi connectivity index (χ1n) is 7.93. The first kappa shape index (κ1) is 16.0. The van der Waals surface area contributed by atoms with E-state index in [2.05, 4.69) is 27.9 Å². The van der Waals surface area contributed by atoms with Gasteiger partial charge in [-0.15, -0.1) is 0 Å². The first-order chi connectivity index (χ1) is 11.1. The van der Waals surface area contributed by atoms with Crippen molar-refractivity contribution in [2.45, 2.75) is 26.2 Å². The van der Waals surface area contributed by atoms with Crippen molar-refractivity contribution in [1.82, 2.24) is 15.1 Å². The molecular weight excluding hydrogens is 292 g/mol. The molecule has 1 aliphatic rings. The van der Waals surface area contributed by atoms with Gasteiger partial charge < -0.3 is 20.5 Å². The number of aliphatic hydroxyl groups excluding tert-OH is 1. The average Bonchev–Trinajstić information content (AvgIpc) is 3.01. The van der Waals surface area contributed by atoms with Crippen LogP contribution in [0.3, 0.4) is 0 Å². The fourth-order valence-electron chi connectivity index (χ4n) is 3.09. The van der Waals surface area contributed by atoms with Crippen LogP contribution in [0.4, 0.5) is 5.69 Å². The number of aryl methyl sites for hydroxylation is 2. The molecule has 3 rings (SSSR count).